The molecule has 1 aliphatic rings. The zero-order valence-corrected chi connectivity index (χ0v) is 19.3. The van der Waals surface area contributed by atoms with Crippen LogP contribution in [0.15, 0.2) is 94.8 Å². The van der Waals surface area contributed by atoms with E-state index >= 15 is 0 Å². The third-order valence-corrected chi connectivity index (χ3v) is 7.82. The summed E-state index contributed by atoms with van der Waals surface area (Å²) < 4.78 is 27.5. The van der Waals surface area contributed by atoms with Gasteiger partial charge >= 0.3 is 0 Å². The van der Waals surface area contributed by atoms with E-state index in [1.54, 1.807) is 60.7 Å². The zero-order valence-electron chi connectivity index (χ0n) is 17.7. The summed E-state index contributed by atoms with van der Waals surface area (Å²) in [6, 6.07) is 23.9. The fourth-order valence-corrected chi connectivity index (χ4v) is 6.03. The Morgan fingerprint density at radius 2 is 1.58 bits per heavy atom. The molecular weight excluding hydrogens is 458 g/mol. The van der Waals surface area contributed by atoms with E-state index in [9.17, 15) is 18.0 Å². The number of para-hydroxylation sites is 2. The molecule has 1 atom stereocenters. The van der Waals surface area contributed by atoms with Crippen molar-refractivity contribution in [1.82, 2.24) is 4.31 Å². The van der Waals surface area contributed by atoms with Gasteiger partial charge in [0.15, 0.2) is 5.17 Å². The number of rotatable bonds is 6. The number of hydrogen-bond acceptors (Lipinski definition) is 6. The van der Waals surface area contributed by atoms with E-state index in [4.69, 9.17) is 0 Å². The van der Waals surface area contributed by atoms with Gasteiger partial charge in [0.2, 0.25) is 5.91 Å². The number of carbonyl (C=O) groups excluding carboxylic acids is 2. The normalized spacial score (nSPS) is 17.4. The van der Waals surface area contributed by atoms with E-state index in [2.05, 4.69) is 10.3 Å². The number of nitrogens with zero attached hydrogens (tertiary/aromatic N) is 2. The van der Waals surface area contributed by atoms with E-state index in [-0.39, 0.29) is 22.4 Å². The Kier molecular flexibility index (Phi) is 6.62. The Labute approximate surface area is 196 Å². The average Bonchev–Trinajstić information content (AvgIpc) is 3.10. The molecule has 1 fully saturated rings. The lowest BCUT2D eigenvalue weighted by Gasteiger charge is -2.17. The van der Waals surface area contributed by atoms with Crippen LogP contribution in [0.25, 0.3) is 0 Å². The van der Waals surface area contributed by atoms with Gasteiger partial charge in [-0.05, 0) is 43.3 Å². The van der Waals surface area contributed by atoms with Gasteiger partial charge in [0.1, 0.15) is 5.25 Å². The maximum absolute atomic E-state index is 13.4. The van der Waals surface area contributed by atoms with Crippen LogP contribution in [0.5, 0.6) is 0 Å². The van der Waals surface area contributed by atoms with Crippen molar-refractivity contribution in [3.05, 3.63) is 90.5 Å². The van der Waals surface area contributed by atoms with Gasteiger partial charge in [0.25, 0.3) is 15.9 Å². The Morgan fingerprint density at radius 3 is 2.21 bits per heavy atom. The van der Waals surface area contributed by atoms with E-state index < -0.39 is 21.2 Å². The molecule has 1 N–H and O–H groups in total. The summed E-state index contributed by atoms with van der Waals surface area (Å²) in [5.74, 6) is -1.08. The molecule has 1 heterocycles. The molecular formula is C24H21N3O4S2. The summed E-state index contributed by atoms with van der Waals surface area (Å²) in [5, 5.41) is 1.83. The molecule has 0 unspecified atom stereocenters. The summed E-state index contributed by atoms with van der Waals surface area (Å²) in [5.41, 5.74) is 2.00. The lowest BCUT2D eigenvalue weighted by atomic mass is 10.2. The van der Waals surface area contributed by atoms with E-state index in [0.29, 0.717) is 11.4 Å². The van der Waals surface area contributed by atoms with Crippen molar-refractivity contribution in [2.24, 2.45) is 4.99 Å². The number of benzene rings is 3. The highest BCUT2D eigenvalue weighted by atomic mass is 32.2. The summed E-state index contributed by atoms with van der Waals surface area (Å²) >= 11 is 0.972. The fraction of sp³-hybridized carbons (Fsp3) is 0.125. The Balaban J connectivity index is 1.65. The molecule has 33 heavy (non-hydrogen) atoms. The first-order valence-electron chi connectivity index (χ1n) is 10.2. The molecule has 0 radical (unpaired) electrons. The van der Waals surface area contributed by atoms with Crippen molar-refractivity contribution < 1.29 is 18.0 Å². The van der Waals surface area contributed by atoms with Crippen LogP contribution < -0.4 is 5.32 Å². The molecule has 0 aromatic heterocycles. The van der Waals surface area contributed by atoms with Crippen molar-refractivity contribution in [3.8, 4) is 0 Å². The molecule has 0 aliphatic carbocycles. The predicted octanol–water partition coefficient (Wildman–Crippen LogP) is 4.34. The monoisotopic (exact) mass is 479 g/mol. The molecule has 0 saturated carbocycles. The molecule has 7 nitrogen and oxygen atoms in total. The minimum absolute atomic E-state index is 0.0165. The van der Waals surface area contributed by atoms with E-state index in [0.717, 1.165) is 21.6 Å². The molecule has 0 spiro atoms. The highest BCUT2D eigenvalue weighted by Crippen LogP contribution is 2.35. The van der Waals surface area contributed by atoms with Crippen molar-refractivity contribution >= 4 is 50.1 Å². The van der Waals surface area contributed by atoms with Crippen LogP contribution in [0, 0.1) is 6.92 Å². The molecule has 4 rings (SSSR count). The van der Waals surface area contributed by atoms with Gasteiger partial charge in [-0.15, -0.1) is 0 Å². The molecule has 3 aromatic carbocycles. The summed E-state index contributed by atoms with van der Waals surface area (Å²) in [7, 11) is -4.20. The van der Waals surface area contributed by atoms with Crippen molar-refractivity contribution in [3.63, 3.8) is 0 Å². The smallest absolute Gasteiger partial charge is 0.272 e. The molecule has 2 amide bonds. The third-order valence-electron chi connectivity index (χ3n) is 4.87. The SMILES string of the molecule is Cc1ccc(S(=O)(=O)N2C(=O)[C@H](CC(=O)Nc3ccccc3)SC2=Nc2ccccc2)cc1. The molecule has 3 aromatic rings. The Hall–Kier alpha value is -3.43. The van der Waals surface area contributed by atoms with Crippen LogP contribution >= 0.6 is 11.8 Å². The van der Waals surface area contributed by atoms with Crippen LogP contribution in [0.2, 0.25) is 0 Å². The highest BCUT2D eigenvalue weighted by Gasteiger charge is 2.46. The maximum atomic E-state index is 13.4. The third kappa shape index (κ3) is 5.15. The quantitative estimate of drug-likeness (QED) is 0.567. The molecule has 1 saturated heterocycles. The highest BCUT2D eigenvalue weighted by molar-refractivity contribution is 8.17. The van der Waals surface area contributed by atoms with Crippen LogP contribution in [0.3, 0.4) is 0 Å². The summed E-state index contributed by atoms with van der Waals surface area (Å²) in [4.78, 5) is 30.2. The lowest BCUT2D eigenvalue weighted by molar-refractivity contribution is -0.125. The van der Waals surface area contributed by atoms with Crippen LogP contribution in [-0.2, 0) is 19.6 Å². The zero-order chi connectivity index (χ0) is 23.4. The van der Waals surface area contributed by atoms with Gasteiger partial charge in [-0.3, -0.25) is 9.59 Å². The second-order valence-electron chi connectivity index (χ2n) is 7.38. The number of aryl methyl sites for hydroxylation is 1. The number of hydrogen-bond donors (Lipinski definition) is 1. The number of anilines is 1. The number of nitrogens with one attached hydrogen (secondary N) is 1. The van der Waals surface area contributed by atoms with Gasteiger partial charge in [0, 0.05) is 12.1 Å². The lowest BCUT2D eigenvalue weighted by Crippen LogP contribution is -2.38. The van der Waals surface area contributed by atoms with Gasteiger partial charge in [0.05, 0.1) is 10.6 Å². The minimum atomic E-state index is -4.20. The van der Waals surface area contributed by atoms with E-state index in [1.807, 2.05) is 19.1 Å². The number of carbonyl (C=O) groups is 2. The van der Waals surface area contributed by atoms with Crippen LogP contribution in [0.4, 0.5) is 11.4 Å². The Bertz CT molecular complexity index is 1290. The average molecular weight is 480 g/mol. The van der Waals surface area contributed by atoms with Crippen molar-refractivity contribution in [2.45, 2.75) is 23.5 Å². The minimum Gasteiger partial charge on any atom is -0.326 e. The first kappa shape index (κ1) is 22.8. The number of sulfonamides is 1. The number of thioether (sulfide) groups is 1. The van der Waals surface area contributed by atoms with Gasteiger partial charge < -0.3 is 5.32 Å². The predicted molar refractivity (Wildman–Crippen MR) is 130 cm³/mol. The van der Waals surface area contributed by atoms with E-state index in [1.165, 1.54) is 12.1 Å². The van der Waals surface area contributed by atoms with Crippen molar-refractivity contribution in [1.29, 1.82) is 0 Å². The standard InChI is InChI=1S/C24H21N3O4S2/c1-17-12-14-20(15-13-17)33(30,31)27-23(29)21(16-22(28)25-18-8-4-2-5-9-18)32-24(27)26-19-10-6-3-7-11-19/h2-15,21H,16H2,1H3,(H,25,28)/t21-/m0/s1. The van der Waals surface area contributed by atoms with Crippen molar-refractivity contribution in [2.75, 3.05) is 5.32 Å². The van der Waals surface area contributed by atoms with Gasteiger partial charge in [-0.1, -0.05) is 65.9 Å². The first-order chi connectivity index (χ1) is 15.8. The summed E-state index contributed by atoms with van der Waals surface area (Å²) in [6.07, 6.45) is -0.188. The molecule has 0 bridgehead atoms. The molecule has 1 aliphatic heterocycles. The van der Waals surface area contributed by atoms with Crippen LogP contribution in [0.1, 0.15) is 12.0 Å². The topological polar surface area (TPSA) is 95.9 Å². The number of aliphatic imine (C=N–C) groups is 1. The summed E-state index contributed by atoms with van der Waals surface area (Å²) in [6.45, 7) is 1.84. The molecule has 168 valence electrons. The largest absolute Gasteiger partial charge is 0.326 e. The maximum Gasteiger partial charge on any atom is 0.272 e. The first-order valence-corrected chi connectivity index (χ1v) is 12.5. The second kappa shape index (κ2) is 9.60. The molecule has 9 heteroatoms. The number of amidine groups is 1. The van der Waals surface area contributed by atoms with Gasteiger partial charge in [-0.25, -0.2) is 13.4 Å². The second-order valence-corrected chi connectivity index (χ2v) is 10.3. The Morgan fingerprint density at radius 1 is 0.970 bits per heavy atom. The van der Waals surface area contributed by atoms with Gasteiger partial charge in [-0.2, -0.15) is 4.31 Å². The number of amides is 2. The van der Waals surface area contributed by atoms with Crippen LogP contribution in [-0.4, -0.2) is 35.0 Å². The fourth-order valence-electron chi connectivity index (χ4n) is 3.20.